The third kappa shape index (κ3) is 5.52. The van der Waals surface area contributed by atoms with Crippen LogP contribution in [0.15, 0.2) is 34.9 Å². The fraction of sp³-hybridized carbons (Fsp3) is 0.583. The van der Waals surface area contributed by atoms with Gasteiger partial charge in [0.15, 0.2) is 0 Å². The molecule has 0 saturated carbocycles. The Balaban J connectivity index is 1.57. The summed E-state index contributed by atoms with van der Waals surface area (Å²) in [5.41, 5.74) is 2.15. The summed E-state index contributed by atoms with van der Waals surface area (Å²) in [7, 11) is 0.0617. The van der Waals surface area contributed by atoms with Crippen molar-refractivity contribution >= 4 is 39.5 Å². The minimum absolute atomic E-state index is 0.0000133. The lowest BCUT2D eigenvalue weighted by Crippen LogP contribution is -2.63. The van der Waals surface area contributed by atoms with Gasteiger partial charge in [0.1, 0.15) is 5.70 Å². The number of nitrogens with two attached hydrogens (primary N) is 1. The van der Waals surface area contributed by atoms with Gasteiger partial charge in [-0.25, -0.2) is 14.7 Å². The van der Waals surface area contributed by atoms with E-state index in [1.54, 1.807) is 6.92 Å². The van der Waals surface area contributed by atoms with E-state index in [0.29, 0.717) is 24.4 Å². The second-order valence-corrected chi connectivity index (χ2v) is 13.0. The Morgan fingerprint density at radius 3 is 2.59 bits per heavy atom. The molecule has 0 radical (unpaired) electrons. The van der Waals surface area contributed by atoms with Crippen LogP contribution in [-0.4, -0.2) is 90.9 Å². The van der Waals surface area contributed by atoms with E-state index in [9.17, 15) is 28.2 Å². The number of hydrogen-bond donors (Lipinski definition) is 4. The van der Waals surface area contributed by atoms with Crippen LogP contribution >= 0.6 is 11.8 Å². The van der Waals surface area contributed by atoms with E-state index in [-0.39, 0.29) is 41.4 Å². The van der Waals surface area contributed by atoms with Crippen molar-refractivity contribution in [3.63, 3.8) is 0 Å². The number of benzene rings is 1. The van der Waals surface area contributed by atoms with Gasteiger partial charge in [0.05, 0.1) is 18.1 Å². The molecule has 6 atom stereocenters. The lowest BCUT2D eigenvalue weighted by Gasteiger charge is -2.46. The molecule has 204 valence electrons. The second-order valence-electron chi connectivity index (χ2n) is 10.2. The third-order valence-electron chi connectivity index (χ3n) is 7.46. The summed E-state index contributed by atoms with van der Waals surface area (Å²) in [6.07, 6.45) is -0.248. The third-order valence-corrected chi connectivity index (χ3v) is 9.52. The molecule has 0 unspecified atom stereocenters. The van der Waals surface area contributed by atoms with Crippen molar-refractivity contribution < 1.29 is 28.2 Å². The molecule has 11 nitrogen and oxygen atoms in total. The van der Waals surface area contributed by atoms with Gasteiger partial charge in [-0.15, -0.1) is 11.8 Å². The maximum atomic E-state index is 12.7. The first-order valence-corrected chi connectivity index (χ1v) is 14.6. The molecule has 0 spiro atoms. The lowest BCUT2D eigenvalue weighted by atomic mass is 9.79. The quantitative estimate of drug-likeness (QED) is 0.301. The van der Waals surface area contributed by atoms with Crippen molar-refractivity contribution in [1.29, 1.82) is 0 Å². The Kier molecular flexibility index (Phi) is 7.94. The molecule has 3 aliphatic rings. The van der Waals surface area contributed by atoms with Gasteiger partial charge in [0, 0.05) is 61.5 Å². The van der Waals surface area contributed by atoms with Gasteiger partial charge in [-0.1, -0.05) is 25.1 Å². The van der Waals surface area contributed by atoms with Crippen molar-refractivity contribution in [3.05, 3.63) is 40.4 Å². The van der Waals surface area contributed by atoms with Crippen LogP contribution in [0.2, 0.25) is 0 Å². The Hall–Kier alpha value is -2.16. The summed E-state index contributed by atoms with van der Waals surface area (Å²) < 4.78 is 25.7. The van der Waals surface area contributed by atoms with Gasteiger partial charge in [0.2, 0.25) is 5.91 Å². The van der Waals surface area contributed by atoms with E-state index in [1.807, 2.05) is 50.2 Å². The number of aliphatic carboxylic acids is 1. The predicted octanol–water partition coefficient (Wildman–Crippen LogP) is 0.376. The number of para-hydroxylation sites is 1. The summed E-state index contributed by atoms with van der Waals surface area (Å²) in [5.74, 6) is -2.35. The van der Waals surface area contributed by atoms with E-state index in [4.69, 9.17) is 5.14 Å². The zero-order valence-corrected chi connectivity index (χ0v) is 23.0. The van der Waals surface area contributed by atoms with Crippen molar-refractivity contribution in [1.82, 2.24) is 14.5 Å². The van der Waals surface area contributed by atoms with Gasteiger partial charge in [-0.05, 0) is 25.0 Å². The van der Waals surface area contributed by atoms with E-state index in [1.165, 1.54) is 16.7 Å². The minimum Gasteiger partial charge on any atom is -0.477 e. The van der Waals surface area contributed by atoms with Crippen LogP contribution in [0, 0.1) is 11.8 Å². The summed E-state index contributed by atoms with van der Waals surface area (Å²) in [5, 5.41) is 25.2. The Labute approximate surface area is 221 Å². The zero-order valence-electron chi connectivity index (χ0n) is 21.4. The molecule has 3 aliphatic heterocycles. The molecule has 0 aromatic heterocycles. The number of fused-ring (bicyclic) bond motifs is 1. The second kappa shape index (κ2) is 10.5. The highest BCUT2D eigenvalue weighted by Gasteiger charge is 2.60. The molecule has 13 heteroatoms. The maximum Gasteiger partial charge on any atom is 0.353 e. The predicted molar refractivity (Wildman–Crippen MR) is 142 cm³/mol. The number of carboxylic acid groups (broad SMARTS) is 1. The van der Waals surface area contributed by atoms with Crippen LogP contribution in [0.1, 0.15) is 25.8 Å². The molecular formula is C24H35N5O6S2. The molecule has 2 saturated heterocycles. The van der Waals surface area contributed by atoms with Gasteiger partial charge in [0.25, 0.3) is 10.2 Å². The largest absolute Gasteiger partial charge is 0.477 e. The smallest absolute Gasteiger partial charge is 0.353 e. The molecule has 0 bridgehead atoms. The first-order chi connectivity index (χ1) is 17.3. The van der Waals surface area contributed by atoms with Crippen molar-refractivity contribution in [3.8, 4) is 0 Å². The zero-order chi connectivity index (χ0) is 27.2. The monoisotopic (exact) mass is 553 g/mol. The van der Waals surface area contributed by atoms with Crippen LogP contribution in [0.4, 0.5) is 5.69 Å². The van der Waals surface area contributed by atoms with Crippen molar-refractivity contribution in [2.45, 2.75) is 50.3 Å². The molecular weight excluding hydrogens is 518 g/mol. The molecule has 1 amide bonds. The molecule has 0 aliphatic carbocycles. The van der Waals surface area contributed by atoms with Crippen LogP contribution in [0.3, 0.4) is 0 Å². The average Bonchev–Trinajstić information content (AvgIpc) is 3.28. The van der Waals surface area contributed by atoms with Crippen LogP contribution in [-0.2, 0) is 26.3 Å². The van der Waals surface area contributed by atoms with Crippen LogP contribution in [0.25, 0.3) is 0 Å². The summed E-state index contributed by atoms with van der Waals surface area (Å²) in [6, 6.07) is 7.47. The Morgan fingerprint density at radius 1 is 1.32 bits per heavy atom. The fourth-order valence-electron chi connectivity index (χ4n) is 5.80. The Bertz CT molecular complexity index is 1200. The molecule has 37 heavy (non-hydrogen) atoms. The fourth-order valence-corrected chi connectivity index (χ4v) is 7.82. The van der Waals surface area contributed by atoms with Crippen molar-refractivity contribution in [2.24, 2.45) is 17.0 Å². The molecule has 1 aromatic carbocycles. The number of anilines is 1. The number of carboxylic acids is 1. The number of carbonyl (C=O) groups is 2. The lowest BCUT2D eigenvalue weighted by molar-refractivity contribution is -0.163. The molecule has 1 aromatic rings. The number of rotatable bonds is 10. The first-order valence-electron chi connectivity index (χ1n) is 12.2. The minimum atomic E-state index is -3.87. The topological polar surface area (TPSA) is 157 Å². The SMILES string of the molecule is C[C@@H](O)[C@H]1C(=O)N2C(C(=O)O)=C(S[C@H]3C[C@@H](CNS(N)(=O)=O)N(Cc4ccccc4N(C)C)C3)[C@H](C)[C@H]12. The number of thioether (sulfide) groups is 1. The number of aliphatic hydroxyl groups excluding tert-OH is 1. The summed E-state index contributed by atoms with van der Waals surface area (Å²) >= 11 is 1.45. The van der Waals surface area contributed by atoms with Gasteiger partial charge in [-0.2, -0.15) is 8.42 Å². The highest BCUT2D eigenvalue weighted by Crippen LogP contribution is 2.52. The summed E-state index contributed by atoms with van der Waals surface area (Å²) in [6.45, 7) is 4.78. The van der Waals surface area contributed by atoms with Gasteiger partial charge in [-0.3, -0.25) is 9.69 Å². The standard InChI is InChI=1S/C24H35N5O6S2/c1-13-20-19(14(2)30)23(31)29(20)21(24(32)33)22(13)36-17-9-16(10-26-37(25,34)35)28(12-17)11-15-7-5-6-8-18(15)27(3)4/h5-8,13-14,16-17,19-20,26,30H,9-12H2,1-4H3,(H,32,33)(H2,25,34,35)/t13-,14-,16+,17+,19-,20-/m1/s1. The average molecular weight is 554 g/mol. The van der Waals surface area contributed by atoms with E-state index < -0.39 is 28.2 Å². The number of likely N-dealkylation sites (tertiary alicyclic amines) is 1. The molecule has 5 N–H and O–H groups in total. The Morgan fingerprint density at radius 2 is 2.00 bits per heavy atom. The van der Waals surface area contributed by atoms with E-state index in [0.717, 1.165) is 11.3 Å². The number of aliphatic hydroxyl groups is 1. The number of β-lactam (4-membered cyclic amide) rings is 1. The summed E-state index contributed by atoms with van der Waals surface area (Å²) in [4.78, 5) is 31.0. The molecule has 3 heterocycles. The van der Waals surface area contributed by atoms with Gasteiger partial charge >= 0.3 is 5.97 Å². The number of amides is 1. The van der Waals surface area contributed by atoms with E-state index in [2.05, 4.69) is 9.62 Å². The highest BCUT2D eigenvalue weighted by molar-refractivity contribution is 8.03. The molecule has 4 rings (SSSR count). The number of hydrogen-bond acceptors (Lipinski definition) is 8. The number of nitrogens with one attached hydrogen (secondary N) is 1. The van der Waals surface area contributed by atoms with Crippen LogP contribution < -0.4 is 14.8 Å². The van der Waals surface area contributed by atoms with E-state index >= 15 is 0 Å². The first kappa shape index (κ1) is 27.9. The number of carbonyl (C=O) groups excluding carboxylic acids is 1. The maximum absolute atomic E-state index is 12.7. The van der Waals surface area contributed by atoms with Crippen LogP contribution in [0.5, 0.6) is 0 Å². The van der Waals surface area contributed by atoms with Gasteiger partial charge < -0.3 is 20.0 Å². The normalized spacial score (nSPS) is 28.9. The van der Waals surface area contributed by atoms with Crippen molar-refractivity contribution in [2.75, 3.05) is 32.1 Å². The number of nitrogens with zero attached hydrogens (tertiary/aromatic N) is 3. The highest BCUT2D eigenvalue weighted by atomic mass is 32.2. The molecule has 2 fully saturated rings.